The first-order valence-corrected chi connectivity index (χ1v) is 11.3. The zero-order chi connectivity index (χ0) is 19.5. The number of methoxy groups -OCH3 is 1. The van der Waals surface area contributed by atoms with Crippen LogP contribution in [0.3, 0.4) is 0 Å². The molecule has 0 aliphatic heterocycles. The molecule has 0 saturated carbocycles. The number of fused-ring (bicyclic) bond motifs is 2. The third-order valence-corrected chi connectivity index (χ3v) is 7.14. The molecule has 1 heterocycles. The number of nitrogens with one attached hydrogen (secondary N) is 2. The lowest BCUT2D eigenvalue weighted by molar-refractivity contribution is 0.0601. The molecule has 1 aromatic heterocycles. The average Bonchev–Trinajstić information content (AvgIpc) is 2.88. The van der Waals surface area contributed by atoms with E-state index >= 15 is 0 Å². The molecule has 1 atom stereocenters. The van der Waals surface area contributed by atoms with Gasteiger partial charge in [-0.25, -0.2) is 4.79 Å². The highest BCUT2D eigenvalue weighted by atomic mass is 32.1. The molecule has 0 amide bonds. The Morgan fingerprint density at radius 1 is 1.14 bits per heavy atom. The van der Waals surface area contributed by atoms with Gasteiger partial charge in [0.1, 0.15) is 5.00 Å². The number of ether oxygens (including phenoxy) is 1. The van der Waals surface area contributed by atoms with Crippen molar-refractivity contribution in [2.24, 2.45) is 0 Å². The molecule has 0 spiro atoms. The smallest absolute Gasteiger partial charge is 0.341 e. The van der Waals surface area contributed by atoms with Gasteiger partial charge in [-0.3, -0.25) is 0 Å². The number of rotatable bonds is 3. The number of aryl methyl sites for hydroxylation is 2. The molecular formula is C22H26N2O2S2. The molecule has 0 saturated heterocycles. The van der Waals surface area contributed by atoms with E-state index in [0.717, 1.165) is 49.1 Å². The predicted molar refractivity (Wildman–Crippen MR) is 118 cm³/mol. The van der Waals surface area contributed by atoms with Crippen molar-refractivity contribution in [1.82, 2.24) is 5.32 Å². The van der Waals surface area contributed by atoms with Crippen molar-refractivity contribution in [3.8, 4) is 0 Å². The zero-order valence-corrected chi connectivity index (χ0v) is 17.8. The monoisotopic (exact) mass is 414 g/mol. The predicted octanol–water partition coefficient (Wildman–Crippen LogP) is 5.17. The molecule has 0 bridgehead atoms. The number of esters is 1. The van der Waals surface area contributed by atoms with Crippen LogP contribution < -0.4 is 10.6 Å². The number of thiocarbonyl (C=S) groups is 1. The molecule has 2 aliphatic rings. The minimum absolute atomic E-state index is 0.212. The minimum atomic E-state index is -0.271. The van der Waals surface area contributed by atoms with Crippen LogP contribution in [0, 0.1) is 0 Å². The van der Waals surface area contributed by atoms with Crippen LogP contribution in [0.4, 0.5) is 5.00 Å². The summed E-state index contributed by atoms with van der Waals surface area (Å²) in [5.74, 6) is -0.271. The van der Waals surface area contributed by atoms with Gasteiger partial charge in [-0.05, 0) is 73.9 Å². The summed E-state index contributed by atoms with van der Waals surface area (Å²) >= 11 is 7.28. The van der Waals surface area contributed by atoms with Crippen LogP contribution in [-0.2, 0) is 24.0 Å². The molecule has 2 aliphatic carbocycles. The number of thiophene rings is 1. The Hall–Kier alpha value is -1.92. The maximum Gasteiger partial charge on any atom is 0.341 e. The largest absolute Gasteiger partial charge is 0.465 e. The molecule has 4 rings (SSSR count). The third kappa shape index (κ3) is 3.94. The van der Waals surface area contributed by atoms with Crippen molar-refractivity contribution in [1.29, 1.82) is 0 Å². The average molecular weight is 415 g/mol. The normalized spacial score (nSPS) is 18.4. The molecule has 28 heavy (non-hydrogen) atoms. The van der Waals surface area contributed by atoms with Crippen LogP contribution >= 0.6 is 23.6 Å². The molecule has 0 fully saturated rings. The van der Waals surface area contributed by atoms with Crippen LogP contribution in [0.2, 0.25) is 0 Å². The molecule has 2 N–H and O–H groups in total. The van der Waals surface area contributed by atoms with Crippen LogP contribution in [0.25, 0.3) is 0 Å². The Balaban J connectivity index is 1.54. The van der Waals surface area contributed by atoms with E-state index in [0.29, 0.717) is 10.7 Å². The van der Waals surface area contributed by atoms with Gasteiger partial charge in [-0.2, -0.15) is 0 Å². The second-order valence-electron chi connectivity index (χ2n) is 7.50. The van der Waals surface area contributed by atoms with Gasteiger partial charge in [0.05, 0.1) is 18.7 Å². The Morgan fingerprint density at radius 3 is 2.82 bits per heavy atom. The SMILES string of the molecule is COC(=O)c1c(NC(=S)NC2CCCc3ccccc32)sc2c1CCCCC2. The van der Waals surface area contributed by atoms with Crippen molar-refractivity contribution < 1.29 is 9.53 Å². The van der Waals surface area contributed by atoms with Crippen LogP contribution in [0.1, 0.15) is 70.1 Å². The molecule has 4 nitrogen and oxygen atoms in total. The Morgan fingerprint density at radius 2 is 1.96 bits per heavy atom. The standard InChI is InChI=1S/C22H26N2O2S2/c1-26-21(25)19-16-11-3-2-4-13-18(16)28-20(19)24-22(27)23-17-12-7-9-14-8-5-6-10-15(14)17/h5-6,8,10,17H,2-4,7,9,11-13H2,1H3,(H2,23,24,27). The van der Waals surface area contributed by atoms with Crippen LogP contribution in [-0.4, -0.2) is 18.2 Å². The first kappa shape index (κ1) is 19.4. The van der Waals surface area contributed by atoms with E-state index in [1.807, 2.05) is 0 Å². The van der Waals surface area contributed by atoms with Crippen molar-refractivity contribution in [3.63, 3.8) is 0 Å². The number of hydrogen-bond acceptors (Lipinski definition) is 4. The van der Waals surface area contributed by atoms with E-state index in [1.165, 1.54) is 36.0 Å². The summed E-state index contributed by atoms with van der Waals surface area (Å²) in [4.78, 5) is 13.8. The highest BCUT2D eigenvalue weighted by Gasteiger charge is 2.26. The summed E-state index contributed by atoms with van der Waals surface area (Å²) in [6.07, 6.45) is 8.81. The lowest BCUT2D eigenvalue weighted by Gasteiger charge is -2.27. The fourth-order valence-corrected chi connectivity index (χ4v) is 5.94. The van der Waals surface area contributed by atoms with E-state index in [1.54, 1.807) is 11.3 Å². The molecule has 1 aromatic carbocycles. The first-order chi connectivity index (χ1) is 13.7. The van der Waals surface area contributed by atoms with E-state index in [4.69, 9.17) is 17.0 Å². The first-order valence-electron chi connectivity index (χ1n) is 10.1. The van der Waals surface area contributed by atoms with Gasteiger partial charge in [-0.1, -0.05) is 30.7 Å². The molecule has 1 unspecified atom stereocenters. The summed E-state index contributed by atoms with van der Waals surface area (Å²) in [6, 6.07) is 8.78. The van der Waals surface area contributed by atoms with Crippen LogP contribution in [0.15, 0.2) is 24.3 Å². The van der Waals surface area contributed by atoms with Gasteiger partial charge in [0.2, 0.25) is 0 Å². The van der Waals surface area contributed by atoms with E-state index in [-0.39, 0.29) is 12.0 Å². The van der Waals surface area contributed by atoms with Crippen molar-refractivity contribution >= 4 is 39.6 Å². The number of carbonyl (C=O) groups excluding carboxylic acids is 1. The van der Waals surface area contributed by atoms with E-state index < -0.39 is 0 Å². The highest BCUT2D eigenvalue weighted by Crippen LogP contribution is 2.38. The fourth-order valence-electron chi connectivity index (χ4n) is 4.35. The lowest BCUT2D eigenvalue weighted by Crippen LogP contribution is -2.34. The van der Waals surface area contributed by atoms with Crippen molar-refractivity contribution in [2.45, 2.75) is 57.4 Å². The van der Waals surface area contributed by atoms with Gasteiger partial charge in [0, 0.05) is 4.88 Å². The van der Waals surface area contributed by atoms with Gasteiger partial charge >= 0.3 is 5.97 Å². The second-order valence-corrected chi connectivity index (χ2v) is 9.02. The van der Waals surface area contributed by atoms with E-state index in [2.05, 4.69) is 34.9 Å². The van der Waals surface area contributed by atoms with Gasteiger partial charge in [0.25, 0.3) is 0 Å². The Bertz CT molecular complexity index is 891. The summed E-state index contributed by atoms with van der Waals surface area (Å²) in [5.41, 5.74) is 4.56. The highest BCUT2D eigenvalue weighted by molar-refractivity contribution is 7.80. The summed E-state index contributed by atoms with van der Waals surface area (Å²) in [7, 11) is 1.45. The van der Waals surface area contributed by atoms with Gasteiger partial charge in [-0.15, -0.1) is 11.3 Å². The maximum absolute atomic E-state index is 12.5. The lowest BCUT2D eigenvalue weighted by atomic mass is 9.88. The second kappa shape index (κ2) is 8.62. The molecule has 148 valence electrons. The number of anilines is 1. The summed E-state index contributed by atoms with van der Waals surface area (Å²) in [6.45, 7) is 0. The summed E-state index contributed by atoms with van der Waals surface area (Å²) < 4.78 is 5.08. The quantitative estimate of drug-likeness (QED) is 0.412. The topological polar surface area (TPSA) is 50.4 Å². The Labute approximate surface area is 175 Å². The van der Waals surface area contributed by atoms with Crippen LogP contribution in [0.5, 0.6) is 0 Å². The minimum Gasteiger partial charge on any atom is -0.465 e. The fraction of sp³-hybridized carbons (Fsp3) is 0.455. The molecular weight excluding hydrogens is 388 g/mol. The zero-order valence-electron chi connectivity index (χ0n) is 16.2. The van der Waals surface area contributed by atoms with Crippen molar-refractivity contribution in [2.75, 3.05) is 12.4 Å². The van der Waals surface area contributed by atoms with E-state index in [9.17, 15) is 4.79 Å². The van der Waals surface area contributed by atoms with Gasteiger partial charge in [0.15, 0.2) is 5.11 Å². The molecule has 2 aromatic rings. The van der Waals surface area contributed by atoms with Crippen molar-refractivity contribution in [3.05, 3.63) is 51.4 Å². The Kier molecular flexibility index (Phi) is 5.97. The maximum atomic E-state index is 12.5. The third-order valence-electron chi connectivity index (χ3n) is 5.71. The summed E-state index contributed by atoms with van der Waals surface area (Å²) in [5, 5.41) is 8.19. The molecule has 0 radical (unpaired) electrons. The van der Waals surface area contributed by atoms with Gasteiger partial charge < -0.3 is 15.4 Å². The number of carbonyl (C=O) groups is 1. The molecule has 6 heteroatoms. The number of hydrogen-bond donors (Lipinski definition) is 2. The number of benzene rings is 1.